The van der Waals surface area contributed by atoms with Crippen molar-refractivity contribution in [3.63, 3.8) is 0 Å². The lowest BCUT2D eigenvalue weighted by Gasteiger charge is -2.05. The lowest BCUT2D eigenvalue weighted by molar-refractivity contribution is -0.116. The zero-order chi connectivity index (χ0) is 13.8. The number of nitrogens with zero attached hydrogens (tertiary/aromatic N) is 3. The molecule has 0 aliphatic carbocycles. The summed E-state index contributed by atoms with van der Waals surface area (Å²) >= 11 is 0. The molecule has 0 radical (unpaired) electrons. The Hall–Kier alpha value is -2.44. The van der Waals surface area contributed by atoms with Crippen molar-refractivity contribution in [3.05, 3.63) is 40.3 Å². The average molecular weight is 261 g/mol. The van der Waals surface area contributed by atoms with E-state index in [4.69, 9.17) is 0 Å². The van der Waals surface area contributed by atoms with E-state index in [1.54, 1.807) is 23.0 Å². The molecule has 2 aromatic rings. The Morgan fingerprint density at radius 1 is 1.37 bits per heavy atom. The van der Waals surface area contributed by atoms with E-state index in [1.807, 2.05) is 13.8 Å². The number of carbonyl (C=O) groups excluding carboxylic acids is 1. The number of hydrogen-bond donors (Lipinski definition) is 2. The monoisotopic (exact) mass is 261 g/mol. The third-order valence-corrected chi connectivity index (χ3v) is 2.87. The Bertz CT molecular complexity index is 629. The van der Waals surface area contributed by atoms with Gasteiger partial charge in [-0.3, -0.25) is 14.7 Å². The minimum Gasteiger partial charge on any atom is -0.310 e. The summed E-state index contributed by atoms with van der Waals surface area (Å²) in [4.78, 5) is 33.8. The van der Waals surface area contributed by atoms with Crippen molar-refractivity contribution >= 4 is 11.9 Å². The second kappa shape index (κ2) is 5.47. The second-order valence-electron chi connectivity index (χ2n) is 4.16. The van der Waals surface area contributed by atoms with Crippen LogP contribution >= 0.6 is 0 Å². The van der Waals surface area contributed by atoms with Gasteiger partial charge in [-0.05, 0) is 19.9 Å². The van der Waals surface area contributed by atoms with E-state index < -0.39 is 0 Å². The molecule has 1 amide bonds. The van der Waals surface area contributed by atoms with Gasteiger partial charge in [-0.15, -0.1) is 0 Å². The van der Waals surface area contributed by atoms with E-state index in [0.29, 0.717) is 6.54 Å². The molecule has 0 aliphatic rings. The summed E-state index contributed by atoms with van der Waals surface area (Å²) < 4.78 is 1.54. The Balaban J connectivity index is 1.96. The maximum Gasteiger partial charge on any atom is 0.325 e. The van der Waals surface area contributed by atoms with Crippen molar-refractivity contribution < 1.29 is 4.79 Å². The van der Waals surface area contributed by atoms with Crippen LogP contribution in [0.25, 0.3) is 0 Å². The molecule has 0 unspecified atom stereocenters. The third-order valence-electron chi connectivity index (χ3n) is 2.87. The van der Waals surface area contributed by atoms with Crippen LogP contribution in [0.5, 0.6) is 0 Å². The Labute approximate surface area is 109 Å². The van der Waals surface area contributed by atoms with Crippen LogP contribution in [-0.4, -0.2) is 25.4 Å². The Morgan fingerprint density at radius 2 is 2.05 bits per heavy atom. The van der Waals surface area contributed by atoms with Crippen LogP contribution in [0, 0.1) is 13.8 Å². The van der Waals surface area contributed by atoms with E-state index in [2.05, 4.69) is 20.3 Å². The number of H-pyrrole nitrogens is 1. The van der Waals surface area contributed by atoms with E-state index in [9.17, 15) is 9.59 Å². The fraction of sp³-hybridized carbons (Fsp3) is 0.333. The summed E-state index contributed by atoms with van der Waals surface area (Å²) in [5.41, 5.74) is 1.46. The highest BCUT2D eigenvalue weighted by molar-refractivity contribution is 5.88. The first-order valence-electron chi connectivity index (χ1n) is 5.91. The first-order chi connectivity index (χ1) is 9.08. The molecule has 2 N–H and O–H groups in total. The Morgan fingerprint density at radius 3 is 2.63 bits per heavy atom. The molecule has 2 aromatic heterocycles. The Kier molecular flexibility index (Phi) is 3.74. The molecule has 7 heteroatoms. The molecule has 0 spiro atoms. The predicted octanol–water partition coefficient (Wildman–Crippen LogP) is 0.612. The van der Waals surface area contributed by atoms with Gasteiger partial charge in [0.25, 0.3) is 0 Å². The number of amides is 1. The van der Waals surface area contributed by atoms with Crippen LogP contribution in [-0.2, 0) is 11.3 Å². The third kappa shape index (κ3) is 3.06. The van der Waals surface area contributed by atoms with Gasteiger partial charge in [0.1, 0.15) is 0 Å². The number of imidazole rings is 1. The number of hydrogen-bond acceptors (Lipinski definition) is 4. The molecular formula is C12H15N5O2. The zero-order valence-corrected chi connectivity index (χ0v) is 10.8. The standard InChI is InChI=1S/C12H15N5O2/c1-8-9(2)17(12(19)15-8)7-4-10(18)16-11-13-5-3-6-14-11/h3,5-6H,4,7H2,1-2H3,(H,15,19)(H,13,14,16,18). The van der Waals surface area contributed by atoms with Crippen molar-refractivity contribution in [3.8, 4) is 0 Å². The van der Waals surface area contributed by atoms with E-state index in [1.165, 1.54) is 0 Å². The van der Waals surface area contributed by atoms with Gasteiger partial charge in [0.15, 0.2) is 0 Å². The van der Waals surface area contributed by atoms with Crippen molar-refractivity contribution in [1.29, 1.82) is 0 Å². The van der Waals surface area contributed by atoms with Crippen LogP contribution in [0.3, 0.4) is 0 Å². The van der Waals surface area contributed by atoms with Crippen molar-refractivity contribution in [2.45, 2.75) is 26.8 Å². The lowest BCUT2D eigenvalue weighted by atomic mass is 10.3. The fourth-order valence-electron chi connectivity index (χ4n) is 1.71. The predicted molar refractivity (Wildman–Crippen MR) is 69.8 cm³/mol. The van der Waals surface area contributed by atoms with E-state index in [0.717, 1.165) is 11.4 Å². The van der Waals surface area contributed by atoms with E-state index >= 15 is 0 Å². The van der Waals surface area contributed by atoms with Crippen LogP contribution in [0.4, 0.5) is 5.95 Å². The maximum absolute atomic E-state index is 11.7. The van der Waals surface area contributed by atoms with Gasteiger partial charge in [0.2, 0.25) is 11.9 Å². The van der Waals surface area contributed by atoms with Crippen LogP contribution in [0.1, 0.15) is 17.8 Å². The van der Waals surface area contributed by atoms with Gasteiger partial charge in [0, 0.05) is 36.7 Å². The fourth-order valence-corrected chi connectivity index (χ4v) is 1.71. The van der Waals surface area contributed by atoms with Gasteiger partial charge >= 0.3 is 5.69 Å². The molecule has 100 valence electrons. The summed E-state index contributed by atoms with van der Waals surface area (Å²) in [6, 6.07) is 1.67. The molecule has 7 nitrogen and oxygen atoms in total. The highest BCUT2D eigenvalue weighted by Crippen LogP contribution is 2.02. The summed E-state index contributed by atoms with van der Waals surface area (Å²) in [6.07, 6.45) is 3.29. The maximum atomic E-state index is 11.7. The van der Waals surface area contributed by atoms with Gasteiger partial charge in [0.05, 0.1) is 0 Å². The number of carbonyl (C=O) groups is 1. The summed E-state index contributed by atoms with van der Waals surface area (Å²) in [5, 5.41) is 2.57. The molecule has 0 atom stereocenters. The normalized spacial score (nSPS) is 10.4. The van der Waals surface area contributed by atoms with Crippen LogP contribution in [0.2, 0.25) is 0 Å². The quantitative estimate of drug-likeness (QED) is 0.843. The zero-order valence-electron chi connectivity index (χ0n) is 10.8. The topological polar surface area (TPSA) is 92.7 Å². The lowest BCUT2D eigenvalue weighted by Crippen LogP contribution is -2.22. The second-order valence-corrected chi connectivity index (χ2v) is 4.16. The first kappa shape index (κ1) is 13.0. The smallest absolute Gasteiger partial charge is 0.310 e. The van der Waals surface area contributed by atoms with Crippen LogP contribution < -0.4 is 11.0 Å². The summed E-state index contributed by atoms with van der Waals surface area (Å²) in [7, 11) is 0. The number of aromatic nitrogens is 4. The molecular weight excluding hydrogens is 246 g/mol. The van der Waals surface area contributed by atoms with Gasteiger partial charge < -0.3 is 4.98 Å². The van der Waals surface area contributed by atoms with Gasteiger partial charge in [-0.1, -0.05) is 0 Å². The van der Waals surface area contributed by atoms with Crippen molar-refractivity contribution in [1.82, 2.24) is 19.5 Å². The number of aromatic amines is 1. The van der Waals surface area contributed by atoms with Crippen molar-refractivity contribution in [2.24, 2.45) is 0 Å². The summed E-state index contributed by atoms with van der Waals surface area (Å²) in [6.45, 7) is 3.99. The van der Waals surface area contributed by atoms with Gasteiger partial charge in [-0.25, -0.2) is 14.8 Å². The average Bonchev–Trinajstić information content (AvgIpc) is 2.62. The molecule has 0 bridgehead atoms. The van der Waals surface area contributed by atoms with Gasteiger partial charge in [-0.2, -0.15) is 0 Å². The first-order valence-corrected chi connectivity index (χ1v) is 5.91. The molecule has 2 rings (SSSR count). The molecule has 2 heterocycles. The minimum atomic E-state index is -0.226. The number of aryl methyl sites for hydroxylation is 1. The molecule has 0 aliphatic heterocycles. The number of rotatable bonds is 4. The number of anilines is 1. The summed E-state index contributed by atoms with van der Waals surface area (Å²) in [5.74, 6) is 0.0400. The molecule has 19 heavy (non-hydrogen) atoms. The highest BCUT2D eigenvalue weighted by Gasteiger charge is 2.09. The highest BCUT2D eigenvalue weighted by atomic mass is 16.2. The minimum absolute atomic E-state index is 0.191. The number of nitrogens with one attached hydrogen (secondary N) is 2. The van der Waals surface area contributed by atoms with Crippen molar-refractivity contribution in [2.75, 3.05) is 5.32 Å². The molecule has 0 fully saturated rings. The SMILES string of the molecule is Cc1[nH]c(=O)n(CCC(=O)Nc2ncccn2)c1C. The molecule has 0 aromatic carbocycles. The molecule has 0 saturated heterocycles. The van der Waals surface area contributed by atoms with Crippen LogP contribution in [0.15, 0.2) is 23.3 Å². The molecule has 0 saturated carbocycles. The van der Waals surface area contributed by atoms with E-state index in [-0.39, 0.29) is 24.0 Å². The largest absolute Gasteiger partial charge is 0.325 e.